The average Bonchev–Trinajstić information content (AvgIpc) is 2.50. The van der Waals surface area contributed by atoms with Crippen LogP contribution in [0.4, 0.5) is 5.69 Å². The fraction of sp³-hybridized carbons (Fsp3) is 0.188. The van der Waals surface area contributed by atoms with Gasteiger partial charge in [0.1, 0.15) is 0 Å². The number of nitrogens with one attached hydrogen (secondary N) is 2. The molecule has 0 heterocycles. The molecule has 0 saturated carbocycles. The zero-order valence-electron chi connectivity index (χ0n) is 11.5. The quantitative estimate of drug-likeness (QED) is 0.580. The molecule has 21 heavy (non-hydrogen) atoms. The molecule has 0 bridgehead atoms. The highest BCUT2D eigenvalue weighted by molar-refractivity contribution is 9.10. The van der Waals surface area contributed by atoms with E-state index in [4.69, 9.17) is 0 Å². The molecule has 0 aliphatic heterocycles. The summed E-state index contributed by atoms with van der Waals surface area (Å²) in [4.78, 5) is 13.0. The lowest BCUT2D eigenvalue weighted by Gasteiger charge is -2.07. The van der Waals surface area contributed by atoms with E-state index in [0.29, 0.717) is 6.54 Å². The number of benzene rings is 2. The van der Waals surface area contributed by atoms with E-state index in [9.17, 15) is 4.79 Å². The molecule has 0 spiro atoms. The number of anilines is 1. The second kappa shape index (κ2) is 8.87. The Balaban J connectivity index is 1.60. The summed E-state index contributed by atoms with van der Waals surface area (Å²) in [5.41, 5.74) is 0.809. The number of carbonyl (C=O) groups excluding carboxylic acids is 1. The Morgan fingerprint density at radius 2 is 1.76 bits per heavy atom. The smallest absolute Gasteiger partial charge is 0.238 e. The molecule has 0 aliphatic carbocycles. The minimum atomic E-state index is -0.0259. The zero-order valence-corrected chi connectivity index (χ0v) is 13.9. The van der Waals surface area contributed by atoms with Crippen LogP contribution in [-0.4, -0.2) is 24.7 Å². The SMILES string of the molecule is O=C(CNCCSc1ccccc1)Nc1ccc(Br)cc1. The Hall–Kier alpha value is -1.30. The van der Waals surface area contributed by atoms with Gasteiger partial charge >= 0.3 is 0 Å². The molecular weight excluding hydrogens is 348 g/mol. The van der Waals surface area contributed by atoms with E-state index in [1.807, 2.05) is 42.5 Å². The molecule has 1 amide bonds. The van der Waals surface area contributed by atoms with Gasteiger partial charge in [0.2, 0.25) is 5.91 Å². The molecule has 2 aromatic rings. The van der Waals surface area contributed by atoms with Crippen molar-refractivity contribution in [1.82, 2.24) is 5.32 Å². The number of amides is 1. The highest BCUT2D eigenvalue weighted by Gasteiger charge is 2.01. The first-order valence-corrected chi connectivity index (χ1v) is 8.46. The van der Waals surface area contributed by atoms with Crippen molar-refractivity contribution in [2.24, 2.45) is 0 Å². The minimum Gasteiger partial charge on any atom is -0.325 e. The van der Waals surface area contributed by atoms with Crippen LogP contribution in [0.2, 0.25) is 0 Å². The topological polar surface area (TPSA) is 41.1 Å². The standard InChI is InChI=1S/C16H17BrN2OS/c17-13-6-8-14(9-7-13)19-16(20)12-18-10-11-21-15-4-2-1-3-5-15/h1-9,18H,10-12H2,(H,19,20). The van der Waals surface area contributed by atoms with Gasteiger partial charge in [0.15, 0.2) is 0 Å². The van der Waals surface area contributed by atoms with Crippen LogP contribution in [-0.2, 0) is 4.79 Å². The van der Waals surface area contributed by atoms with E-state index in [0.717, 1.165) is 22.5 Å². The summed E-state index contributed by atoms with van der Waals surface area (Å²) in [5, 5.41) is 5.99. The van der Waals surface area contributed by atoms with Crippen LogP contribution >= 0.6 is 27.7 Å². The van der Waals surface area contributed by atoms with Gasteiger partial charge in [0.25, 0.3) is 0 Å². The van der Waals surface area contributed by atoms with Crippen LogP contribution in [0.15, 0.2) is 64.0 Å². The highest BCUT2D eigenvalue weighted by atomic mass is 79.9. The van der Waals surface area contributed by atoms with Crippen molar-refractivity contribution < 1.29 is 4.79 Å². The van der Waals surface area contributed by atoms with Crippen molar-refractivity contribution in [3.63, 3.8) is 0 Å². The van der Waals surface area contributed by atoms with Gasteiger partial charge < -0.3 is 10.6 Å². The lowest BCUT2D eigenvalue weighted by molar-refractivity contribution is -0.115. The predicted molar refractivity (Wildman–Crippen MR) is 92.8 cm³/mol. The van der Waals surface area contributed by atoms with Crippen LogP contribution < -0.4 is 10.6 Å². The average molecular weight is 365 g/mol. The third kappa shape index (κ3) is 6.33. The van der Waals surface area contributed by atoms with Gasteiger partial charge in [-0.05, 0) is 36.4 Å². The third-order valence-electron chi connectivity index (χ3n) is 2.70. The molecule has 2 rings (SSSR count). The van der Waals surface area contributed by atoms with E-state index < -0.39 is 0 Å². The molecule has 110 valence electrons. The van der Waals surface area contributed by atoms with E-state index in [-0.39, 0.29) is 5.91 Å². The van der Waals surface area contributed by atoms with Crippen molar-refractivity contribution >= 4 is 39.3 Å². The van der Waals surface area contributed by atoms with Crippen molar-refractivity contribution in [1.29, 1.82) is 0 Å². The lowest BCUT2D eigenvalue weighted by Crippen LogP contribution is -2.29. The van der Waals surface area contributed by atoms with Gasteiger partial charge in [0, 0.05) is 27.4 Å². The van der Waals surface area contributed by atoms with Gasteiger partial charge in [0.05, 0.1) is 6.54 Å². The molecule has 2 N–H and O–H groups in total. The second-order valence-electron chi connectivity index (χ2n) is 4.39. The molecule has 0 aliphatic rings. The Morgan fingerprint density at radius 1 is 1.05 bits per heavy atom. The monoisotopic (exact) mass is 364 g/mol. The van der Waals surface area contributed by atoms with E-state index in [1.54, 1.807) is 11.8 Å². The summed E-state index contributed by atoms with van der Waals surface area (Å²) in [6.45, 7) is 1.12. The molecule has 5 heteroatoms. The summed E-state index contributed by atoms with van der Waals surface area (Å²) in [6.07, 6.45) is 0. The van der Waals surface area contributed by atoms with Crippen LogP contribution in [0, 0.1) is 0 Å². The molecule has 2 aromatic carbocycles. The molecule has 0 fully saturated rings. The number of halogens is 1. The van der Waals surface area contributed by atoms with Crippen LogP contribution in [0.3, 0.4) is 0 Å². The normalized spacial score (nSPS) is 10.3. The van der Waals surface area contributed by atoms with Crippen LogP contribution in [0.5, 0.6) is 0 Å². The Kier molecular flexibility index (Phi) is 6.79. The van der Waals surface area contributed by atoms with Crippen LogP contribution in [0.25, 0.3) is 0 Å². The van der Waals surface area contributed by atoms with E-state index in [2.05, 4.69) is 38.7 Å². The molecule has 3 nitrogen and oxygen atoms in total. The molecular formula is C16H17BrN2OS. The lowest BCUT2D eigenvalue weighted by atomic mass is 10.3. The number of carbonyl (C=O) groups is 1. The van der Waals surface area contributed by atoms with Gasteiger partial charge in [-0.2, -0.15) is 0 Å². The number of hydrogen-bond donors (Lipinski definition) is 2. The molecule has 0 aromatic heterocycles. The largest absolute Gasteiger partial charge is 0.325 e. The van der Waals surface area contributed by atoms with E-state index >= 15 is 0 Å². The summed E-state index contributed by atoms with van der Waals surface area (Å²) < 4.78 is 0.997. The first-order chi connectivity index (χ1) is 10.2. The summed E-state index contributed by atoms with van der Waals surface area (Å²) in [7, 11) is 0. The first-order valence-electron chi connectivity index (χ1n) is 6.68. The Bertz CT molecular complexity index is 560. The number of thioether (sulfide) groups is 1. The molecule has 0 unspecified atom stereocenters. The third-order valence-corrected chi connectivity index (χ3v) is 4.25. The zero-order chi connectivity index (χ0) is 14.9. The van der Waals surface area contributed by atoms with Crippen molar-refractivity contribution in [2.45, 2.75) is 4.90 Å². The first kappa shape index (κ1) is 16.1. The summed E-state index contributed by atoms with van der Waals surface area (Å²) >= 11 is 5.14. The maximum Gasteiger partial charge on any atom is 0.238 e. The van der Waals surface area contributed by atoms with Crippen molar-refractivity contribution in [2.75, 3.05) is 24.2 Å². The fourth-order valence-electron chi connectivity index (χ4n) is 1.70. The second-order valence-corrected chi connectivity index (χ2v) is 6.48. The van der Waals surface area contributed by atoms with Crippen LogP contribution in [0.1, 0.15) is 0 Å². The van der Waals surface area contributed by atoms with Crippen molar-refractivity contribution in [3.05, 3.63) is 59.1 Å². The number of rotatable bonds is 7. The summed E-state index contributed by atoms with van der Waals surface area (Å²) in [5.74, 6) is 0.914. The Labute approximate surface area is 137 Å². The van der Waals surface area contributed by atoms with Gasteiger partial charge in [-0.3, -0.25) is 4.79 Å². The maximum absolute atomic E-state index is 11.7. The highest BCUT2D eigenvalue weighted by Crippen LogP contribution is 2.16. The number of hydrogen-bond acceptors (Lipinski definition) is 3. The molecule has 0 saturated heterocycles. The summed E-state index contributed by atoms with van der Waals surface area (Å²) in [6, 6.07) is 17.8. The molecule has 0 radical (unpaired) electrons. The molecule has 0 atom stereocenters. The van der Waals surface area contributed by atoms with Gasteiger partial charge in [-0.25, -0.2) is 0 Å². The fourth-order valence-corrected chi connectivity index (χ4v) is 2.79. The van der Waals surface area contributed by atoms with Crippen molar-refractivity contribution in [3.8, 4) is 0 Å². The maximum atomic E-state index is 11.7. The van der Waals surface area contributed by atoms with Gasteiger partial charge in [-0.1, -0.05) is 34.1 Å². The van der Waals surface area contributed by atoms with Gasteiger partial charge in [-0.15, -0.1) is 11.8 Å². The minimum absolute atomic E-state index is 0.0259. The van der Waals surface area contributed by atoms with E-state index in [1.165, 1.54) is 4.90 Å². The predicted octanol–water partition coefficient (Wildman–Crippen LogP) is 3.77. The Morgan fingerprint density at radius 3 is 2.48 bits per heavy atom.